The van der Waals surface area contributed by atoms with Crippen LogP contribution < -0.4 is 10.2 Å². The lowest BCUT2D eigenvalue weighted by atomic mass is 10.2. The molecule has 2 heterocycles. The minimum atomic E-state index is -0.313. The Balaban J connectivity index is 1.83. The molecule has 24 heavy (non-hydrogen) atoms. The van der Waals surface area contributed by atoms with Crippen molar-refractivity contribution >= 4 is 56.1 Å². The smallest absolute Gasteiger partial charge is 0.290 e. The molecule has 1 fully saturated rings. The normalized spacial score (nSPS) is 16.4. The number of fused-ring (bicyclic) bond motifs is 1. The van der Waals surface area contributed by atoms with E-state index in [0.29, 0.717) is 4.91 Å². The van der Waals surface area contributed by atoms with E-state index in [2.05, 4.69) is 54.5 Å². The first-order valence-electron chi connectivity index (χ1n) is 7.57. The Morgan fingerprint density at radius 1 is 1.12 bits per heavy atom. The molecule has 1 saturated heterocycles. The zero-order valence-corrected chi connectivity index (χ0v) is 15.5. The molecule has 0 bridgehead atoms. The molecule has 0 spiro atoms. The Labute approximate surface area is 149 Å². The molecule has 1 aliphatic heterocycles. The average molecular weight is 361 g/mol. The van der Waals surface area contributed by atoms with Gasteiger partial charge in [0.2, 0.25) is 0 Å². The van der Waals surface area contributed by atoms with E-state index in [1.165, 1.54) is 10.4 Å². The molecule has 1 aliphatic rings. The predicted molar refractivity (Wildman–Crippen MR) is 103 cm³/mol. The highest BCUT2D eigenvalue weighted by atomic mass is 32.2. The predicted octanol–water partition coefficient (Wildman–Crippen LogP) is 3.22. The molecule has 0 radical (unpaired) electrons. The molecule has 126 valence electrons. The number of thiophene rings is 1. The second-order valence-electron chi connectivity index (χ2n) is 5.95. The van der Waals surface area contributed by atoms with Gasteiger partial charge in [0.15, 0.2) is 0 Å². The number of likely N-dealkylation sites (N-methyl/N-ethyl adjacent to an activating group) is 2. The van der Waals surface area contributed by atoms with Crippen molar-refractivity contribution in [3.05, 3.63) is 34.0 Å². The number of benzene rings is 1. The van der Waals surface area contributed by atoms with Gasteiger partial charge in [-0.2, -0.15) is 0 Å². The number of nitrogens with one attached hydrogen (secondary N) is 1. The van der Waals surface area contributed by atoms with Crippen molar-refractivity contribution in [3.63, 3.8) is 0 Å². The number of thioether (sulfide) groups is 1. The number of hydrogen-bond acceptors (Lipinski definition) is 6. The summed E-state index contributed by atoms with van der Waals surface area (Å²) in [7, 11) is 6.22. The Morgan fingerprint density at radius 3 is 2.58 bits per heavy atom. The minimum Gasteiger partial charge on any atom is -0.373 e. The fourth-order valence-electron chi connectivity index (χ4n) is 2.38. The molecule has 2 amide bonds. The van der Waals surface area contributed by atoms with E-state index in [0.717, 1.165) is 35.1 Å². The zero-order chi connectivity index (χ0) is 17.3. The third kappa shape index (κ3) is 3.80. The van der Waals surface area contributed by atoms with E-state index in [1.54, 1.807) is 17.4 Å². The summed E-state index contributed by atoms with van der Waals surface area (Å²) in [5.74, 6) is -0.313. The second-order valence-corrected chi connectivity index (χ2v) is 8.08. The van der Waals surface area contributed by atoms with Gasteiger partial charge < -0.3 is 9.80 Å². The van der Waals surface area contributed by atoms with Crippen LogP contribution in [0.2, 0.25) is 0 Å². The van der Waals surface area contributed by atoms with E-state index in [4.69, 9.17) is 0 Å². The molecular weight excluding hydrogens is 342 g/mol. The lowest BCUT2D eigenvalue weighted by Crippen LogP contribution is -2.28. The minimum absolute atomic E-state index is 0.308. The van der Waals surface area contributed by atoms with Gasteiger partial charge in [0, 0.05) is 35.4 Å². The Hall–Kier alpha value is -1.83. The lowest BCUT2D eigenvalue weighted by Gasteiger charge is -2.21. The monoisotopic (exact) mass is 361 g/mol. The Bertz CT molecular complexity index is 826. The van der Waals surface area contributed by atoms with E-state index in [9.17, 15) is 9.59 Å². The highest BCUT2D eigenvalue weighted by molar-refractivity contribution is 8.18. The van der Waals surface area contributed by atoms with Crippen LogP contribution in [0.15, 0.2) is 29.2 Å². The van der Waals surface area contributed by atoms with Crippen molar-refractivity contribution in [2.75, 3.05) is 39.1 Å². The van der Waals surface area contributed by atoms with Gasteiger partial charge in [0.25, 0.3) is 11.1 Å². The molecule has 1 aromatic heterocycles. The van der Waals surface area contributed by atoms with Crippen LogP contribution in [0.1, 0.15) is 4.88 Å². The summed E-state index contributed by atoms with van der Waals surface area (Å²) in [6.07, 6.45) is 1.78. The van der Waals surface area contributed by atoms with Crippen LogP contribution in [0.4, 0.5) is 10.5 Å². The maximum absolute atomic E-state index is 11.6. The summed E-state index contributed by atoms with van der Waals surface area (Å²) in [6, 6.07) is 8.43. The molecule has 5 nitrogen and oxygen atoms in total. The number of amides is 2. The van der Waals surface area contributed by atoms with Crippen molar-refractivity contribution in [1.82, 2.24) is 10.2 Å². The SMILES string of the molecule is CN(C)CCN(C)c1ccc2cc(/C=C3\SC(=O)NC3=O)sc2c1. The number of nitrogens with zero attached hydrogens (tertiary/aromatic N) is 2. The van der Waals surface area contributed by atoms with Gasteiger partial charge in [-0.1, -0.05) is 6.07 Å². The number of imide groups is 1. The van der Waals surface area contributed by atoms with Crippen molar-refractivity contribution in [3.8, 4) is 0 Å². The van der Waals surface area contributed by atoms with E-state index >= 15 is 0 Å². The average Bonchev–Trinajstić information content (AvgIpc) is 3.06. The number of anilines is 1. The van der Waals surface area contributed by atoms with Crippen LogP contribution in [0, 0.1) is 0 Å². The Morgan fingerprint density at radius 2 is 1.92 bits per heavy atom. The summed E-state index contributed by atoms with van der Waals surface area (Å²) in [6.45, 7) is 1.95. The topological polar surface area (TPSA) is 52.6 Å². The quantitative estimate of drug-likeness (QED) is 0.829. The van der Waals surface area contributed by atoms with E-state index < -0.39 is 0 Å². The van der Waals surface area contributed by atoms with E-state index in [-0.39, 0.29) is 11.1 Å². The summed E-state index contributed by atoms with van der Waals surface area (Å²) in [5.41, 5.74) is 1.17. The number of rotatable bonds is 5. The molecular formula is C17H19N3O2S2. The lowest BCUT2D eigenvalue weighted by molar-refractivity contribution is -0.115. The first kappa shape index (κ1) is 17.0. The summed E-state index contributed by atoms with van der Waals surface area (Å²) >= 11 is 2.58. The van der Waals surface area contributed by atoms with Crippen LogP contribution in [-0.2, 0) is 4.79 Å². The molecule has 0 atom stereocenters. The highest BCUT2D eigenvalue weighted by Crippen LogP contribution is 2.33. The third-order valence-electron chi connectivity index (χ3n) is 3.76. The van der Waals surface area contributed by atoms with Gasteiger partial charge in [-0.3, -0.25) is 14.9 Å². The zero-order valence-electron chi connectivity index (χ0n) is 13.8. The first-order valence-corrected chi connectivity index (χ1v) is 9.20. The van der Waals surface area contributed by atoms with E-state index in [1.807, 2.05) is 6.07 Å². The molecule has 3 rings (SSSR count). The van der Waals surface area contributed by atoms with Crippen molar-refractivity contribution in [1.29, 1.82) is 0 Å². The van der Waals surface area contributed by atoms with Gasteiger partial charge in [0.05, 0.1) is 4.91 Å². The third-order valence-corrected chi connectivity index (χ3v) is 5.62. The standard InChI is InChI=1S/C17H19N3O2S2/c1-19(2)6-7-20(3)12-5-4-11-8-13(23-14(11)9-12)10-15-16(21)18-17(22)24-15/h4-5,8-10H,6-7H2,1-3H3,(H,18,21,22)/b15-10-. The number of carbonyl (C=O) groups excluding carboxylic acids is 2. The fraction of sp³-hybridized carbons (Fsp3) is 0.294. The van der Waals surface area contributed by atoms with Gasteiger partial charge in [0.1, 0.15) is 0 Å². The van der Waals surface area contributed by atoms with Crippen molar-refractivity contribution in [2.24, 2.45) is 0 Å². The maximum atomic E-state index is 11.6. The second kappa shape index (κ2) is 6.96. The molecule has 2 aromatic rings. The summed E-state index contributed by atoms with van der Waals surface area (Å²) in [5, 5.41) is 3.12. The molecule has 7 heteroatoms. The number of carbonyl (C=O) groups is 2. The van der Waals surface area contributed by atoms with Crippen LogP contribution in [-0.4, -0.2) is 50.3 Å². The van der Waals surface area contributed by atoms with Crippen LogP contribution in [0.25, 0.3) is 16.2 Å². The van der Waals surface area contributed by atoms with Crippen molar-refractivity contribution < 1.29 is 9.59 Å². The fourth-order valence-corrected chi connectivity index (χ4v) is 4.17. The first-order chi connectivity index (χ1) is 11.4. The Kier molecular flexibility index (Phi) is 4.93. The van der Waals surface area contributed by atoms with Crippen LogP contribution >= 0.6 is 23.1 Å². The van der Waals surface area contributed by atoms with Gasteiger partial charge >= 0.3 is 0 Å². The molecule has 1 N–H and O–H groups in total. The van der Waals surface area contributed by atoms with Gasteiger partial charge in [-0.25, -0.2) is 0 Å². The summed E-state index contributed by atoms with van der Waals surface area (Å²) in [4.78, 5) is 28.7. The van der Waals surface area contributed by atoms with Crippen molar-refractivity contribution in [2.45, 2.75) is 0 Å². The number of hydrogen-bond donors (Lipinski definition) is 1. The molecule has 0 aliphatic carbocycles. The van der Waals surface area contributed by atoms with Gasteiger partial charge in [-0.05, 0) is 55.5 Å². The van der Waals surface area contributed by atoms with Crippen LogP contribution in [0.3, 0.4) is 0 Å². The highest BCUT2D eigenvalue weighted by Gasteiger charge is 2.25. The van der Waals surface area contributed by atoms with Crippen LogP contribution in [0.5, 0.6) is 0 Å². The molecule has 0 saturated carbocycles. The largest absolute Gasteiger partial charge is 0.373 e. The maximum Gasteiger partial charge on any atom is 0.290 e. The molecule has 0 unspecified atom stereocenters. The van der Waals surface area contributed by atoms with Gasteiger partial charge in [-0.15, -0.1) is 11.3 Å². The summed E-state index contributed by atoms with van der Waals surface area (Å²) < 4.78 is 1.17. The molecule has 1 aromatic carbocycles.